The first-order valence-electron chi connectivity index (χ1n) is 12.2. The minimum atomic E-state index is -0.968. The second-order valence-corrected chi connectivity index (χ2v) is 9.02. The van der Waals surface area contributed by atoms with Crippen molar-refractivity contribution in [2.24, 2.45) is 5.92 Å². The van der Waals surface area contributed by atoms with E-state index < -0.39 is 12.1 Å². The zero-order valence-corrected chi connectivity index (χ0v) is 19.7. The molecule has 7 heteroatoms. The number of rotatable bonds is 12. The van der Waals surface area contributed by atoms with E-state index in [-0.39, 0.29) is 6.09 Å². The molecule has 1 fully saturated rings. The summed E-state index contributed by atoms with van der Waals surface area (Å²) in [5.74, 6) is 0.851. The van der Waals surface area contributed by atoms with Gasteiger partial charge in [-0.15, -0.1) is 0 Å². The topological polar surface area (TPSA) is 85.3 Å². The molecule has 0 spiro atoms. The third-order valence-corrected chi connectivity index (χ3v) is 6.33. The van der Waals surface area contributed by atoms with E-state index in [0.717, 1.165) is 37.7 Å². The number of hydrogen-bond donors (Lipinski definition) is 1. The van der Waals surface area contributed by atoms with Crippen molar-refractivity contribution in [1.82, 2.24) is 4.90 Å². The molecule has 0 heterocycles. The largest absolute Gasteiger partial charge is 0.492 e. The SMILES string of the molecule is CCOC(Cc1ccc(OCCN(CC2CC2)C(=O)Oc2ccc3c(c2)CCC3)cc1)C(=O)O. The number of amides is 1. The van der Waals surface area contributed by atoms with Gasteiger partial charge in [0.25, 0.3) is 0 Å². The molecule has 1 unspecified atom stereocenters. The van der Waals surface area contributed by atoms with Crippen LogP contribution in [0.4, 0.5) is 4.79 Å². The number of carboxylic acid groups (broad SMARTS) is 1. The number of aryl methyl sites for hydroxylation is 2. The first-order valence-corrected chi connectivity index (χ1v) is 12.2. The summed E-state index contributed by atoms with van der Waals surface area (Å²) >= 11 is 0. The molecule has 34 heavy (non-hydrogen) atoms. The average molecular weight is 468 g/mol. The van der Waals surface area contributed by atoms with E-state index in [1.54, 1.807) is 11.8 Å². The van der Waals surface area contributed by atoms with Crippen LogP contribution in [-0.4, -0.2) is 54.5 Å². The number of carbonyl (C=O) groups is 2. The number of ether oxygens (including phenoxy) is 3. The molecule has 1 N–H and O–H groups in total. The van der Waals surface area contributed by atoms with Crippen molar-refractivity contribution in [2.45, 2.75) is 51.6 Å². The standard InChI is InChI=1S/C27H33NO6/c1-2-32-25(26(29)30)16-19-8-11-23(12-9-19)33-15-14-28(18-20-6-7-20)27(31)34-24-13-10-21-4-3-5-22(21)17-24/h8-13,17,20,25H,2-7,14-16,18H2,1H3,(H,29,30). The lowest BCUT2D eigenvalue weighted by molar-refractivity contribution is -0.149. The molecule has 0 radical (unpaired) electrons. The zero-order valence-electron chi connectivity index (χ0n) is 19.7. The Morgan fingerprint density at radius 3 is 2.50 bits per heavy atom. The van der Waals surface area contributed by atoms with E-state index in [1.807, 2.05) is 36.4 Å². The van der Waals surface area contributed by atoms with Crippen LogP contribution >= 0.6 is 0 Å². The van der Waals surface area contributed by atoms with Gasteiger partial charge >= 0.3 is 12.1 Å². The van der Waals surface area contributed by atoms with Crippen LogP contribution in [0.2, 0.25) is 0 Å². The minimum absolute atomic E-state index is 0.299. The summed E-state index contributed by atoms with van der Waals surface area (Å²) in [5.41, 5.74) is 3.49. The van der Waals surface area contributed by atoms with E-state index >= 15 is 0 Å². The monoisotopic (exact) mass is 467 g/mol. The second kappa shape index (κ2) is 11.4. The van der Waals surface area contributed by atoms with E-state index in [1.165, 1.54) is 11.1 Å². The van der Waals surface area contributed by atoms with Gasteiger partial charge in [-0.2, -0.15) is 0 Å². The number of fused-ring (bicyclic) bond motifs is 1. The average Bonchev–Trinajstić information content (AvgIpc) is 3.52. The van der Waals surface area contributed by atoms with Crippen molar-refractivity contribution < 1.29 is 28.9 Å². The van der Waals surface area contributed by atoms with Crippen molar-refractivity contribution in [1.29, 1.82) is 0 Å². The summed E-state index contributed by atoms with van der Waals surface area (Å²) in [6.07, 6.45) is 4.69. The van der Waals surface area contributed by atoms with Crippen molar-refractivity contribution in [3.05, 3.63) is 59.2 Å². The third kappa shape index (κ3) is 6.73. The van der Waals surface area contributed by atoms with Crippen LogP contribution < -0.4 is 9.47 Å². The molecular formula is C27H33NO6. The Labute approximate surface area is 200 Å². The van der Waals surface area contributed by atoms with E-state index in [2.05, 4.69) is 6.07 Å². The maximum Gasteiger partial charge on any atom is 0.415 e. The zero-order chi connectivity index (χ0) is 23.9. The predicted molar refractivity (Wildman–Crippen MR) is 127 cm³/mol. The normalized spacial score (nSPS) is 15.4. The number of carbonyl (C=O) groups excluding carboxylic acids is 1. The summed E-state index contributed by atoms with van der Waals surface area (Å²) < 4.78 is 16.8. The second-order valence-electron chi connectivity index (χ2n) is 9.02. The Balaban J connectivity index is 1.28. The van der Waals surface area contributed by atoms with Gasteiger partial charge in [0.2, 0.25) is 0 Å². The molecule has 0 saturated heterocycles. The van der Waals surface area contributed by atoms with Gasteiger partial charge in [0, 0.05) is 19.6 Å². The van der Waals surface area contributed by atoms with Crippen LogP contribution in [0.1, 0.15) is 42.9 Å². The molecule has 182 valence electrons. The van der Waals surface area contributed by atoms with Gasteiger partial charge in [-0.05, 0) is 85.9 Å². The van der Waals surface area contributed by atoms with Gasteiger partial charge in [-0.3, -0.25) is 0 Å². The van der Waals surface area contributed by atoms with E-state index in [9.17, 15) is 14.7 Å². The third-order valence-electron chi connectivity index (χ3n) is 6.33. The molecule has 7 nitrogen and oxygen atoms in total. The van der Waals surface area contributed by atoms with Gasteiger partial charge in [-0.1, -0.05) is 18.2 Å². The van der Waals surface area contributed by atoms with Gasteiger partial charge in [0.1, 0.15) is 18.1 Å². The van der Waals surface area contributed by atoms with Crippen molar-refractivity contribution in [2.75, 3.05) is 26.3 Å². The fourth-order valence-electron chi connectivity index (χ4n) is 4.27. The fourth-order valence-corrected chi connectivity index (χ4v) is 4.27. The molecule has 2 aliphatic rings. The Kier molecular flexibility index (Phi) is 8.06. The van der Waals surface area contributed by atoms with E-state index in [4.69, 9.17) is 14.2 Å². The van der Waals surface area contributed by atoms with Crippen LogP contribution in [-0.2, 0) is 28.8 Å². The van der Waals surface area contributed by atoms with Gasteiger partial charge in [0.05, 0.1) is 6.54 Å². The van der Waals surface area contributed by atoms with Gasteiger partial charge in [-0.25, -0.2) is 9.59 Å². The Morgan fingerprint density at radius 1 is 1.06 bits per heavy atom. The van der Waals surface area contributed by atoms with Gasteiger partial charge in [0.15, 0.2) is 6.10 Å². The minimum Gasteiger partial charge on any atom is -0.492 e. The maximum atomic E-state index is 12.9. The highest BCUT2D eigenvalue weighted by molar-refractivity contribution is 5.72. The highest BCUT2D eigenvalue weighted by atomic mass is 16.6. The molecule has 2 aromatic carbocycles. The Hall–Kier alpha value is -3.06. The highest BCUT2D eigenvalue weighted by Gasteiger charge is 2.28. The Morgan fingerprint density at radius 2 is 1.79 bits per heavy atom. The van der Waals surface area contributed by atoms with Crippen molar-refractivity contribution in [3.63, 3.8) is 0 Å². The Bertz CT molecular complexity index is 985. The first-order chi connectivity index (χ1) is 16.5. The number of hydrogen-bond acceptors (Lipinski definition) is 5. The molecule has 1 saturated carbocycles. The number of carboxylic acids is 1. The summed E-state index contributed by atoms with van der Waals surface area (Å²) in [6, 6.07) is 13.3. The van der Waals surface area contributed by atoms with Crippen LogP contribution in [0.5, 0.6) is 11.5 Å². The summed E-state index contributed by atoms with van der Waals surface area (Å²) in [7, 11) is 0. The first kappa shape index (κ1) is 24.1. The molecular weight excluding hydrogens is 434 g/mol. The molecule has 1 atom stereocenters. The lowest BCUT2D eigenvalue weighted by Crippen LogP contribution is -2.38. The molecule has 2 aromatic rings. The molecule has 2 aliphatic carbocycles. The van der Waals surface area contributed by atoms with Crippen molar-refractivity contribution >= 4 is 12.1 Å². The number of benzene rings is 2. The quantitative estimate of drug-likeness (QED) is 0.495. The predicted octanol–water partition coefficient (Wildman–Crippen LogP) is 4.50. The highest BCUT2D eigenvalue weighted by Crippen LogP contribution is 2.30. The van der Waals surface area contributed by atoms with Crippen LogP contribution in [0.15, 0.2) is 42.5 Å². The van der Waals surface area contributed by atoms with Gasteiger partial charge < -0.3 is 24.2 Å². The van der Waals surface area contributed by atoms with Crippen LogP contribution in [0, 0.1) is 5.92 Å². The molecule has 1 amide bonds. The summed E-state index contributed by atoms with van der Waals surface area (Å²) in [4.78, 5) is 25.9. The maximum absolute atomic E-state index is 12.9. The lowest BCUT2D eigenvalue weighted by Gasteiger charge is -2.22. The van der Waals surface area contributed by atoms with Crippen LogP contribution in [0.25, 0.3) is 0 Å². The molecule has 0 bridgehead atoms. The molecule has 0 aliphatic heterocycles. The van der Waals surface area contributed by atoms with E-state index in [0.29, 0.717) is 50.1 Å². The number of aliphatic carboxylic acids is 1. The smallest absolute Gasteiger partial charge is 0.415 e. The summed E-state index contributed by atoms with van der Waals surface area (Å²) in [6.45, 7) is 3.60. The lowest BCUT2D eigenvalue weighted by atomic mass is 10.1. The number of nitrogens with zero attached hydrogens (tertiary/aromatic N) is 1. The molecule has 0 aromatic heterocycles. The fraction of sp³-hybridized carbons (Fsp3) is 0.481. The summed E-state index contributed by atoms with van der Waals surface area (Å²) in [5, 5.41) is 9.24. The molecule has 4 rings (SSSR count). The van der Waals surface area contributed by atoms with Crippen LogP contribution in [0.3, 0.4) is 0 Å². The van der Waals surface area contributed by atoms with Crippen molar-refractivity contribution in [3.8, 4) is 11.5 Å².